The van der Waals surface area contributed by atoms with Crippen LogP contribution in [0.2, 0.25) is 0 Å². The maximum absolute atomic E-state index is 6.83. The third kappa shape index (κ3) is 3.43. The van der Waals surface area contributed by atoms with E-state index in [0.29, 0.717) is 10.8 Å². The van der Waals surface area contributed by atoms with Crippen molar-refractivity contribution in [3.05, 3.63) is 17.5 Å². The van der Waals surface area contributed by atoms with Crippen molar-refractivity contribution in [3.63, 3.8) is 0 Å². The summed E-state index contributed by atoms with van der Waals surface area (Å²) in [6.07, 6.45) is 4.38. The van der Waals surface area contributed by atoms with Crippen LogP contribution in [0.4, 0.5) is 0 Å². The second kappa shape index (κ2) is 4.87. The lowest BCUT2D eigenvalue weighted by Gasteiger charge is -2.50. The summed E-state index contributed by atoms with van der Waals surface area (Å²) in [4.78, 5) is 0. The van der Waals surface area contributed by atoms with Crippen molar-refractivity contribution < 1.29 is 0 Å². The highest BCUT2D eigenvalue weighted by Crippen LogP contribution is 2.50. The van der Waals surface area contributed by atoms with Crippen LogP contribution in [0.1, 0.15) is 65.3 Å². The lowest BCUT2D eigenvalue weighted by atomic mass is 9.58. The second-order valence-corrected chi connectivity index (χ2v) is 8.49. The van der Waals surface area contributed by atoms with Gasteiger partial charge in [0, 0.05) is 24.2 Å². The van der Waals surface area contributed by atoms with E-state index in [1.807, 2.05) is 0 Å². The normalized spacial score (nSPS) is 23.8. The van der Waals surface area contributed by atoms with E-state index in [-0.39, 0.29) is 5.54 Å². The van der Waals surface area contributed by atoms with Crippen molar-refractivity contribution in [2.24, 2.45) is 16.6 Å². The molecule has 2 rings (SSSR count). The minimum absolute atomic E-state index is 0.107. The van der Waals surface area contributed by atoms with E-state index in [4.69, 9.17) is 5.73 Å². The Labute approximate surface area is 123 Å². The fourth-order valence-corrected chi connectivity index (χ4v) is 4.89. The maximum atomic E-state index is 6.83. The topological polar surface area (TPSA) is 43.8 Å². The van der Waals surface area contributed by atoms with Gasteiger partial charge in [-0.1, -0.05) is 27.7 Å². The number of nitrogens with two attached hydrogens (primary N) is 1. The van der Waals surface area contributed by atoms with E-state index in [1.165, 1.54) is 12.1 Å². The molecule has 0 unspecified atom stereocenters. The predicted octanol–water partition coefficient (Wildman–Crippen LogP) is 3.69. The van der Waals surface area contributed by atoms with E-state index >= 15 is 0 Å². The highest BCUT2D eigenvalue weighted by molar-refractivity contribution is 5.15. The lowest BCUT2D eigenvalue weighted by Crippen LogP contribution is -2.53. The van der Waals surface area contributed by atoms with Crippen LogP contribution >= 0.6 is 0 Å². The van der Waals surface area contributed by atoms with Gasteiger partial charge in [-0.3, -0.25) is 4.68 Å². The summed E-state index contributed by atoms with van der Waals surface area (Å²) in [5.74, 6) is 0. The van der Waals surface area contributed by atoms with Crippen molar-refractivity contribution in [2.75, 3.05) is 0 Å². The summed E-state index contributed by atoms with van der Waals surface area (Å²) in [6.45, 7) is 14.6. The Kier molecular flexibility index (Phi) is 3.79. The molecule has 1 fully saturated rings. The monoisotopic (exact) mass is 277 g/mol. The third-order valence-electron chi connectivity index (χ3n) is 4.44. The van der Waals surface area contributed by atoms with Crippen LogP contribution in [0, 0.1) is 17.8 Å². The van der Waals surface area contributed by atoms with Crippen LogP contribution in [-0.2, 0) is 13.0 Å². The molecule has 0 saturated heterocycles. The zero-order valence-corrected chi connectivity index (χ0v) is 14.1. The first-order valence-corrected chi connectivity index (χ1v) is 7.87. The Balaban J connectivity index is 2.26. The zero-order valence-electron chi connectivity index (χ0n) is 14.1. The largest absolute Gasteiger partial charge is 0.325 e. The molecule has 0 bridgehead atoms. The predicted molar refractivity (Wildman–Crippen MR) is 84.7 cm³/mol. The molecule has 0 atom stereocenters. The third-order valence-corrected chi connectivity index (χ3v) is 4.44. The quantitative estimate of drug-likeness (QED) is 0.915. The Hall–Kier alpha value is -0.830. The molecule has 1 aliphatic rings. The van der Waals surface area contributed by atoms with Crippen molar-refractivity contribution in [1.82, 2.24) is 9.78 Å². The molecular weight excluding hydrogens is 246 g/mol. The van der Waals surface area contributed by atoms with Crippen LogP contribution in [0.25, 0.3) is 0 Å². The fourth-order valence-electron chi connectivity index (χ4n) is 4.89. The average molecular weight is 277 g/mol. The van der Waals surface area contributed by atoms with Gasteiger partial charge in [0.25, 0.3) is 0 Å². The molecule has 1 aliphatic carbocycles. The number of nitrogens with zero attached hydrogens (tertiary/aromatic N) is 2. The zero-order chi connectivity index (χ0) is 15.2. The highest BCUT2D eigenvalue weighted by Gasteiger charge is 2.45. The molecule has 1 saturated carbocycles. The van der Waals surface area contributed by atoms with Crippen LogP contribution in [-0.4, -0.2) is 15.3 Å². The van der Waals surface area contributed by atoms with Crippen molar-refractivity contribution in [3.8, 4) is 0 Å². The fraction of sp³-hybridized carbons (Fsp3) is 0.824. The summed E-state index contributed by atoms with van der Waals surface area (Å²) >= 11 is 0. The molecular formula is C17H31N3. The Morgan fingerprint density at radius 1 is 1.15 bits per heavy atom. The smallest absolute Gasteiger partial charge is 0.0596 e. The van der Waals surface area contributed by atoms with Crippen molar-refractivity contribution in [1.29, 1.82) is 0 Å². The molecule has 0 spiro atoms. The van der Waals surface area contributed by atoms with E-state index < -0.39 is 0 Å². The number of aromatic nitrogens is 2. The first-order valence-electron chi connectivity index (χ1n) is 7.87. The minimum Gasteiger partial charge on any atom is -0.325 e. The summed E-state index contributed by atoms with van der Waals surface area (Å²) in [6, 6.07) is 2.20. The number of hydrogen-bond acceptors (Lipinski definition) is 2. The molecule has 114 valence electrons. The van der Waals surface area contributed by atoms with Crippen LogP contribution in [0.3, 0.4) is 0 Å². The number of hydrogen-bond donors (Lipinski definition) is 1. The van der Waals surface area contributed by atoms with Gasteiger partial charge in [-0.05, 0) is 50.0 Å². The van der Waals surface area contributed by atoms with Crippen LogP contribution in [0.15, 0.2) is 6.07 Å². The van der Waals surface area contributed by atoms with E-state index in [0.717, 1.165) is 31.5 Å². The summed E-state index contributed by atoms with van der Waals surface area (Å²) in [7, 11) is 0. The van der Waals surface area contributed by atoms with E-state index in [2.05, 4.69) is 57.4 Å². The highest BCUT2D eigenvalue weighted by atomic mass is 15.3. The van der Waals surface area contributed by atoms with Gasteiger partial charge in [-0.25, -0.2) is 0 Å². The molecule has 3 nitrogen and oxygen atoms in total. The second-order valence-electron chi connectivity index (χ2n) is 8.49. The molecule has 0 aromatic carbocycles. The maximum Gasteiger partial charge on any atom is 0.0596 e. The molecule has 1 aromatic rings. The molecule has 0 amide bonds. The lowest BCUT2D eigenvalue weighted by molar-refractivity contribution is 0.0478. The molecule has 20 heavy (non-hydrogen) atoms. The first kappa shape index (κ1) is 15.6. The minimum atomic E-state index is -0.107. The standard InChI is InChI=1S/C17H31N3/c1-7-20-14(8-13(2)19-20)9-17(18)11-15(3,4)10-16(5,6)12-17/h8H,7,9-12,18H2,1-6H3. The van der Waals surface area contributed by atoms with E-state index in [1.54, 1.807) is 0 Å². The molecule has 0 radical (unpaired) electrons. The Morgan fingerprint density at radius 2 is 1.70 bits per heavy atom. The molecule has 3 heteroatoms. The van der Waals surface area contributed by atoms with Gasteiger partial charge < -0.3 is 5.73 Å². The number of aryl methyl sites for hydroxylation is 2. The van der Waals surface area contributed by atoms with Crippen LogP contribution in [0.5, 0.6) is 0 Å². The average Bonchev–Trinajstić information content (AvgIpc) is 2.51. The Morgan fingerprint density at radius 3 is 2.20 bits per heavy atom. The van der Waals surface area contributed by atoms with Crippen molar-refractivity contribution in [2.45, 2.75) is 79.3 Å². The van der Waals surface area contributed by atoms with Gasteiger partial charge in [0.1, 0.15) is 0 Å². The van der Waals surface area contributed by atoms with Crippen molar-refractivity contribution >= 4 is 0 Å². The summed E-state index contributed by atoms with van der Waals surface area (Å²) < 4.78 is 2.11. The van der Waals surface area contributed by atoms with Gasteiger partial charge >= 0.3 is 0 Å². The Bertz CT molecular complexity index is 466. The van der Waals surface area contributed by atoms with Gasteiger partial charge in [0.05, 0.1) is 5.69 Å². The summed E-state index contributed by atoms with van der Waals surface area (Å²) in [5, 5.41) is 4.56. The molecule has 0 aliphatic heterocycles. The SMILES string of the molecule is CCn1nc(C)cc1CC1(N)CC(C)(C)CC(C)(C)C1. The summed E-state index contributed by atoms with van der Waals surface area (Å²) in [5.41, 5.74) is 9.76. The van der Waals surface area contributed by atoms with Gasteiger partial charge in [-0.15, -0.1) is 0 Å². The molecule has 1 aromatic heterocycles. The van der Waals surface area contributed by atoms with Crippen LogP contribution < -0.4 is 5.73 Å². The molecule has 2 N–H and O–H groups in total. The van der Waals surface area contributed by atoms with Gasteiger partial charge in [-0.2, -0.15) is 5.10 Å². The van der Waals surface area contributed by atoms with Gasteiger partial charge in [0.15, 0.2) is 0 Å². The van der Waals surface area contributed by atoms with Gasteiger partial charge in [0.2, 0.25) is 0 Å². The van der Waals surface area contributed by atoms with E-state index in [9.17, 15) is 0 Å². The number of rotatable bonds is 3. The first-order chi connectivity index (χ1) is 9.04. The molecule has 1 heterocycles.